The second-order valence-electron chi connectivity index (χ2n) is 8.76. The molecule has 36 heavy (non-hydrogen) atoms. The number of nitrogens with zero attached hydrogens (tertiary/aromatic N) is 4. The van der Waals surface area contributed by atoms with Crippen molar-refractivity contribution in [3.8, 4) is 11.4 Å². The van der Waals surface area contributed by atoms with Crippen LogP contribution < -0.4 is 10.6 Å². The summed E-state index contributed by atoms with van der Waals surface area (Å²) in [5.74, 6) is -1.76. The van der Waals surface area contributed by atoms with Crippen LogP contribution >= 0.6 is 11.6 Å². The highest BCUT2D eigenvalue weighted by molar-refractivity contribution is 6.33. The van der Waals surface area contributed by atoms with E-state index in [4.69, 9.17) is 16.6 Å². The number of fused-ring (bicyclic) bond motifs is 1. The van der Waals surface area contributed by atoms with Gasteiger partial charge in [-0.15, -0.1) is 0 Å². The molecular formula is C25H23ClF2N6O2. The largest absolute Gasteiger partial charge is 0.478 e. The summed E-state index contributed by atoms with van der Waals surface area (Å²) in [4.78, 5) is 25.3. The Kier molecular flexibility index (Phi) is 6.80. The van der Waals surface area contributed by atoms with Crippen molar-refractivity contribution in [3.63, 3.8) is 0 Å². The van der Waals surface area contributed by atoms with E-state index >= 15 is 0 Å². The molecule has 2 aromatic carbocycles. The standard InChI is InChI=1S/C25H23ClF2N6O2/c26-18-5-4-16(24(35)36)9-17(18)22-32-21-12-31-25(30-11-14-3-6-19(27)20(28)8-14)33-23(21)34(22)13-15-2-1-7-29-10-15/h3-6,8-9,12,15,29H,1-2,7,10-11,13H2,(H,35,36)(H,30,31,33)/t15-/m1/s1. The summed E-state index contributed by atoms with van der Waals surface area (Å²) in [5, 5.41) is 16.3. The van der Waals surface area contributed by atoms with Crippen molar-refractivity contribution in [1.29, 1.82) is 0 Å². The second-order valence-corrected chi connectivity index (χ2v) is 9.17. The van der Waals surface area contributed by atoms with Crippen LogP contribution in [0.4, 0.5) is 14.7 Å². The van der Waals surface area contributed by atoms with Crippen LogP contribution in [0.15, 0.2) is 42.6 Å². The van der Waals surface area contributed by atoms with E-state index in [9.17, 15) is 18.7 Å². The number of aromatic nitrogens is 4. The van der Waals surface area contributed by atoms with Crippen molar-refractivity contribution in [2.45, 2.75) is 25.9 Å². The van der Waals surface area contributed by atoms with Crippen molar-refractivity contribution < 1.29 is 18.7 Å². The van der Waals surface area contributed by atoms with E-state index in [0.717, 1.165) is 38.1 Å². The summed E-state index contributed by atoms with van der Waals surface area (Å²) in [6.45, 7) is 2.61. The lowest BCUT2D eigenvalue weighted by atomic mass is 9.99. The van der Waals surface area contributed by atoms with E-state index in [0.29, 0.717) is 51.5 Å². The summed E-state index contributed by atoms with van der Waals surface area (Å²) >= 11 is 6.49. The van der Waals surface area contributed by atoms with Gasteiger partial charge in [0.1, 0.15) is 11.3 Å². The van der Waals surface area contributed by atoms with Crippen molar-refractivity contribution in [1.82, 2.24) is 24.8 Å². The molecule has 3 heterocycles. The fraction of sp³-hybridized carbons (Fsp3) is 0.280. The maximum Gasteiger partial charge on any atom is 0.335 e. The Labute approximate surface area is 210 Å². The second kappa shape index (κ2) is 10.2. The fourth-order valence-electron chi connectivity index (χ4n) is 4.38. The van der Waals surface area contributed by atoms with Crippen LogP contribution in [0.25, 0.3) is 22.6 Å². The molecule has 1 aliphatic heterocycles. The zero-order chi connectivity index (χ0) is 25.2. The van der Waals surface area contributed by atoms with Gasteiger partial charge in [0.15, 0.2) is 17.3 Å². The Bertz CT molecular complexity index is 1440. The van der Waals surface area contributed by atoms with E-state index < -0.39 is 17.6 Å². The third kappa shape index (κ3) is 5.00. The molecule has 0 aliphatic carbocycles. The van der Waals surface area contributed by atoms with Crippen LogP contribution in [-0.4, -0.2) is 43.7 Å². The van der Waals surface area contributed by atoms with Gasteiger partial charge in [0.05, 0.1) is 16.8 Å². The number of piperidine rings is 1. The molecule has 0 bridgehead atoms. The SMILES string of the molecule is O=C(O)c1ccc(Cl)c(-c2nc3cnc(NCc4ccc(F)c(F)c4)nc3n2C[C@@H]2CCCNC2)c1. The number of carboxylic acids is 1. The minimum atomic E-state index is -1.06. The quantitative estimate of drug-likeness (QED) is 0.328. The number of rotatable bonds is 7. The van der Waals surface area contributed by atoms with Gasteiger partial charge < -0.3 is 20.3 Å². The lowest BCUT2D eigenvalue weighted by Gasteiger charge is -2.24. The average molecular weight is 513 g/mol. The Balaban J connectivity index is 1.54. The third-order valence-corrected chi connectivity index (χ3v) is 6.55. The Hall–Kier alpha value is -3.63. The van der Waals surface area contributed by atoms with Crippen LogP contribution in [0.5, 0.6) is 0 Å². The Morgan fingerprint density at radius 2 is 2.06 bits per heavy atom. The van der Waals surface area contributed by atoms with E-state index in [2.05, 4.69) is 20.6 Å². The van der Waals surface area contributed by atoms with E-state index in [1.165, 1.54) is 18.2 Å². The molecule has 8 nitrogen and oxygen atoms in total. The molecule has 1 saturated heterocycles. The Morgan fingerprint density at radius 3 is 2.81 bits per heavy atom. The molecule has 1 atom stereocenters. The first-order valence-electron chi connectivity index (χ1n) is 11.5. The number of hydrogen-bond acceptors (Lipinski definition) is 6. The van der Waals surface area contributed by atoms with Crippen LogP contribution in [0.1, 0.15) is 28.8 Å². The van der Waals surface area contributed by atoms with Gasteiger partial charge in [-0.25, -0.2) is 23.5 Å². The monoisotopic (exact) mass is 512 g/mol. The number of carbonyl (C=O) groups is 1. The number of aromatic carboxylic acids is 1. The van der Waals surface area contributed by atoms with Crippen molar-refractivity contribution in [3.05, 3.63) is 70.4 Å². The first kappa shape index (κ1) is 24.1. The van der Waals surface area contributed by atoms with Gasteiger partial charge in [0, 0.05) is 18.7 Å². The molecule has 3 N–H and O–H groups in total. The molecule has 0 spiro atoms. The number of hydrogen-bond donors (Lipinski definition) is 3. The maximum atomic E-state index is 13.6. The highest BCUT2D eigenvalue weighted by Gasteiger charge is 2.22. The molecule has 0 unspecified atom stereocenters. The number of benzene rings is 2. The number of carboxylic acid groups (broad SMARTS) is 1. The van der Waals surface area contributed by atoms with Gasteiger partial charge in [-0.3, -0.25) is 0 Å². The average Bonchev–Trinajstić information content (AvgIpc) is 3.22. The summed E-state index contributed by atoms with van der Waals surface area (Å²) in [6.07, 6.45) is 3.66. The van der Waals surface area contributed by atoms with Crippen LogP contribution in [0.3, 0.4) is 0 Å². The van der Waals surface area contributed by atoms with Crippen molar-refractivity contribution in [2.75, 3.05) is 18.4 Å². The zero-order valence-electron chi connectivity index (χ0n) is 19.1. The molecule has 0 radical (unpaired) electrons. The van der Waals surface area contributed by atoms with E-state index in [1.54, 1.807) is 12.3 Å². The third-order valence-electron chi connectivity index (χ3n) is 6.22. The lowest BCUT2D eigenvalue weighted by Crippen LogP contribution is -2.32. The van der Waals surface area contributed by atoms with Crippen molar-refractivity contribution >= 4 is 34.7 Å². The number of halogens is 3. The zero-order valence-corrected chi connectivity index (χ0v) is 19.9. The van der Waals surface area contributed by atoms with Gasteiger partial charge >= 0.3 is 5.97 Å². The summed E-state index contributed by atoms with van der Waals surface area (Å²) in [6, 6.07) is 8.19. The van der Waals surface area contributed by atoms with Crippen LogP contribution in [-0.2, 0) is 13.1 Å². The fourth-order valence-corrected chi connectivity index (χ4v) is 4.58. The number of nitrogens with one attached hydrogen (secondary N) is 2. The van der Waals surface area contributed by atoms with Gasteiger partial charge in [-0.05, 0) is 67.7 Å². The topological polar surface area (TPSA) is 105 Å². The smallest absolute Gasteiger partial charge is 0.335 e. The van der Waals surface area contributed by atoms with Gasteiger partial charge in [-0.2, -0.15) is 4.98 Å². The van der Waals surface area contributed by atoms with Gasteiger partial charge in [0.2, 0.25) is 5.95 Å². The minimum Gasteiger partial charge on any atom is -0.478 e. The molecule has 0 saturated carbocycles. The highest BCUT2D eigenvalue weighted by Crippen LogP contribution is 2.32. The molecule has 4 aromatic rings. The first-order chi connectivity index (χ1) is 17.4. The van der Waals surface area contributed by atoms with Gasteiger partial charge in [-0.1, -0.05) is 17.7 Å². The highest BCUT2D eigenvalue weighted by atomic mass is 35.5. The number of imidazole rings is 1. The summed E-state index contributed by atoms with van der Waals surface area (Å²) < 4.78 is 28.8. The van der Waals surface area contributed by atoms with Crippen LogP contribution in [0, 0.1) is 17.6 Å². The summed E-state index contributed by atoms with van der Waals surface area (Å²) in [5.41, 5.74) is 2.23. The molecule has 0 amide bonds. The maximum absolute atomic E-state index is 13.6. The van der Waals surface area contributed by atoms with E-state index in [-0.39, 0.29) is 12.1 Å². The van der Waals surface area contributed by atoms with E-state index in [1.807, 2.05) is 4.57 Å². The molecular weight excluding hydrogens is 490 g/mol. The normalized spacial score (nSPS) is 15.8. The van der Waals surface area contributed by atoms with Crippen molar-refractivity contribution in [2.24, 2.45) is 5.92 Å². The Morgan fingerprint density at radius 1 is 1.19 bits per heavy atom. The molecule has 186 valence electrons. The molecule has 2 aromatic heterocycles. The predicted octanol–water partition coefficient (Wildman–Crippen LogP) is 4.73. The molecule has 1 aliphatic rings. The molecule has 11 heteroatoms. The molecule has 5 rings (SSSR count). The summed E-state index contributed by atoms with van der Waals surface area (Å²) in [7, 11) is 0. The van der Waals surface area contributed by atoms with Crippen LogP contribution in [0.2, 0.25) is 5.02 Å². The minimum absolute atomic E-state index is 0.104. The van der Waals surface area contributed by atoms with Gasteiger partial charge in [0.25, 0.3) is 0 Å². The first-order valence-corrected chi connectivity index (χ1v) is 11.9. The predicted molar refractivity (Wildman–Crippen MR) is 132 cm³/mol. The number of anilines is 1. The molecule has 1 fully saturated rings. The lowest BCUT2D eigenvalue weighted by molar-refractivity contribution is 0.0697.